The molecule has 9 nitrogen and oxygen atoms in total. The molecule has 2 aliphatic heterocycles. The van der Waals surface area contributed by atoms with Crippen molar-refractivity contribution < 1.29 is 41.8 Å². The minimum atomic E-state index is -4.04. The van der Waals surface area contributed by atoms with Crippen LogP contribution < -0.4 is 0 Å². The van der Waals surface area contributed by atoms with Crippen LogP contribution in [-0.4, -0.2) is 80.9 Å². The summed E-state index contributed by atoms with van der Waals surface area (Å²) in [6.07, 6.45) is 3.32. The average molecular weight is 457 g/mol. The van der Waals surface area contributed by atoms with Crippen molar-refractivity contribution in [2.45, 2.75) is 57.0 Å². The molecule has 170 valence electrons. The minimum Gasteiger partial charge on any atom is -0.465 e. The highest BCUT2D eigenvalue weighted by molar-refractivity contribution is 7.99. The molecule has 29 heavy (non-hydrogen) atoms. The molecule has 0 bridgehead atoms. The van der Waals surface area contributed by atoms with E-state index >= 15 is 0 Å². The second-order valence-electron chi connectivity index (χ2n) is 7.98. The molecule has 2 aliphatic rings. The van der Waals surface area contributed by atoms with E-state index in [9.17, 15) is 13.2 Å². The van der Waals surface area contributed by atoms with Crippen molar-refractivity contribution in [2.24, 2.45) is 5.41 Å². The van der Waals surface area contributed by atoms with Gasteiger partial charge in [-0.1, -0.05) is 0 Å². The average Bonchev–Trinajstić information content (AvgIpc) is 3.53. The Labute approximate surface area is 176 Å². The van der Waals surface area contributed by atoms with Gasteiger partial charge in [0.05, 0.1) is 43.7 Å². The largest absolute Gasteiger partial charge is 0.465 e. The fourth-order valence-corrected chi connectivity index (χ4v) is 4.25. The highest BCUT2D eigenvalue weighted by Gasteiger charge is 2.31. The van der Waals surface area contributed by atoms with Crippen molar-refractivity contribution in [1.82, 2.24) is 0 Å². The van der Waals surface area contributed by atoms with Gasteiger partial charge in [0.15, 0.2) is 0 Å². The third-order valence-corrected chi connectivity index (χ3v) is 7.12. The zero-order valence-corrected chi connectivity index (χ0v) is 18.7. The molecule has 2 rings (SSSR count). The van der Waals surface area contributed by atoms with Crippen LogP contribution in [0.5, 0.6) is 0 Å². The summed E-state index contributed by atoms with van der Waals surface area (Å²) in [6.45, 7) is 6.04. The van der Waals surface area contributed by atoms with Gasteiger partial charge in [-0.25, -0.2) is 9.78 Å². The molecule has 1 N–H and O–H groups in total. The van der Waals surface area contributed by atoms with E-state index < -0.39 is 21.3 Å². The number of esters is 1. The summed E-state index contributed by atoms with van der Waals surface area (Å²) >= 11 is 1.69. The van der Waals surface area contributed by atoms with Crippen molar-refractivity contribution in [1.29, 1.82) is 0 Å². The first-order chi connectivity index (χ1) is 13.7. The van der Waals surface area contributed by atoms with E-state index in [1.807, 2.05) is 0 Å². The van der Waals surface area contributed by atoms with Crippen LogP contribution in [0.1, 0.15) is 39.5 Å². The second-order valence-corrected chi connectivity index (χ2v) is 10.8. The number of ether oxygens (including phenoxy) is 3. The molecule has 2 saturated heterocycles. The molecule has 0 aromatic carbocycles. The Bertz CT molecular complexity index is 600. The third-order valence-electron chi connectivity index (χ3n) is 4.49. The molecule has 2 heterocycles. The summed E-state index contributed by atoms with van der Waals surface area (Å²) in [4.78, 5) is 22.7. The first-order valence-electron chi connectivity index (χ1n) is 9.87. The number of thioether (sulfide) groups is 1. The van der Waals surface area contributed by atoms with Crippen LogP contribution in [0.25, 0.3) is 0 Å². The highest BCUT2D eigenvalue weighted by Crippen LogP contribution is 2.31. The standard InChI is InChI=1S/C18H32O9S2/c1-18(2,17(19)23-7-3-9-29(20,21)22)13-28-16(5-4-14-10-24-14)6-8-26-27-12-15-11-25-15/h14-16H,3-13H2,1-2H3,(H,20,21,22). The lowest BCUT2D eigenvalue weighted by Crippen LogP contribution is -2.30. The van der Waals surface area contributed by atoms with Gasteiger partial charge in [-0.3, -0.25) is 9.35 Å². The molecule has 0 saturated carbocycles. The summed E-state index contributed by atoms with van der Waals surface area (Å²) in [6, 6.07) is 0. The molecule has 11 heteroatoms. The maximum Gasteiger partial charge on any atom is 0.312 e. The minimum absolute atomic E-state index is 0.0367. The Hall–Kier alpha value is -0.430. The van der Waals surface area contributed by atoms with Crippen molar-refractivity contribution in [3.8, 4) is 0 Å². The second kappa shape index (κ2) is 11.8. The fraction of sp³-hybridized carbons (Fsp3) is 0.944. The van der Waals surface area contributed by atoms with E-state index in [0.29, 0.717) is 30.3 Å². The van der Waals surface area contributed by atoms with Gasteiger partial charge < -0.3 is 14.2 Å². The van der Waals surface area contributed by atoms with Crippen molar-refractivity contribution in [2.75, 3.05) is 44.5 Å². The zero-order chi connectivity index (χ0) is 21.3. The molecule has 0 radical (unpaired) electrons. The van der Waals surface area contributed by atoms with E-state index in [2.05, 4.69) is 0 Å². The van der Waals surface area contributed by atoms with Crippen LogP contribution in [0.15, 0.2) is 0 Å². The summed E-state index contributed by atoms with van der Waals surface area (Å²) in [5.41, 5.74) is -0.711. The number of hydrogen-bond acceptors (Lipinski definition) is 9. The van der Waals surface area contributed by atoms with E-state index in [1.165, 1.54) is 0 Å². The molecule has 3 unspecified atom stereocenters. The molecule has 3 atom stereocenters. The van der Waals surface area contributed by atoms with Crippen LogP contribution >= 0.6 is 11.8 Å². The first-order valence-corrected chi connectivity index (χ1v) is 12.5. The number of hydrogen-bond donors (Lipinski definition) is 1. The van der Waals surface area contributed by atoms with Gasteiger partial charge in [0, 0.05) is 11.0 Å². The molecular weight excluding hydrogens is 424 g/mol. The van der Waals surface area contributed by atoms with Crippen LogP contribution in [0.3, 0.4) is 0 Å². The van der Waals surface area contributed by atoms with E-state index in [0.717, 1.165) is 32.5 Å². The highest BCUT2D eigenvalue weighted by atomic mass is 32.2. The topological polar surface area (TPSA) is 124 Å². The monoisotopic (exact) mass is 456 g/mol. The molecule has 0 aromatic rings. The summed E-state index contributed by atoms with van der Waals surface area (Å²) < 4.78 is 45.6. The molecule has 0 aromatic heterocycles. The summed E-state index contributed by atoms with van der Waals surface area (Å²) in [5, 5.41) is 0.298. The number of epoxide rings is 2. The summed E-state index contributed by atoms with van der Waals surface area (Å²) in [5.74, 6) is -0.235. The van der Waals surface area contributed by atoms with Gasteiger partial charge in [0.25, 0.3) is 10.1 Å². The third kappa shape index (κ3) is 12.1. The zero-order valence-electron chi connectivity index (χ0n) is 17.0. The Balaban J connectivity index is 1.66. The number of carbonyl (C=O) groups is 1. The van der Waals surface area contributed by atoms with Crippen LogP contribution in [-0.2, 0) is 38.9 Å². The normalized spacial score (nSPS) is 22.3. The van der Waals surface area contributed by atoms with Crippen molar-refractivity contribution >= 4 is 27.8 Å². The van der Waals surface area contributed by atoms with Gasteiger partial charge in [0.1, 0.15) is 12.7 Å². The first kappa shape index (κ1) is 24.8. The maximum absolute atomic E-state index is 12.3. The Morgan fingerprint density at radius 3 is 2.48 bits per heavy atom. The van der Waals surface area contributed by atoms with Crippen LogP contribution in [0.4, 0.5) is 0 Å². The van der Waals surface area contributed by atoms with Crippen molar-refractivity contribution in [3.63, 3.8) is 0 Å². The number of rotatable bonds is 17. The lowest BCUT2D eigenvalue weighted by atomic mass is 9.97. The Morgan fingerprint density at radius 2 is 1.86 bits per heavy atom. The number of carbonyl (C=O) groups excluding carboxylic acids is 1. The molecule has 0 aliphatic carbocycles. The fourth-order valence-electron chi connectivity index (χ4n) is 2.43. The van der Waals surface area contributed by atoms with Gasteiger partial charge in [-0.05, 0) is 39.5 Å². The lowest BCUT2D eigenvalue weighted by molar-refractivity contribution is -0.296. The Kier molecular flexibility index (Phi) is 10.1. The molecule has 2 fully saturated rings. The van der Waals surface area contributed by atoms with Crippen molar-refractivity contribution in [3.05, 3.63) is 0 Å². The predicted molar refractivity (Wildman–Crippen MR) is 107 cm³/mol. The molecule has 0 amide bonds. The van der Waals surface area contributed by atoms with E-state index in [-0.39, 0.29) is 25.1 Å². The van der Waals surface area contributed by atoms with E-state index in [1.54, 1.807) is 25.6 Å². The summed E-state index contributed by atoms with van der Waals surface area (Å²) in [7, 11) is -4.04. The quantitative estimate of drug-likeness (QED) is 0.0866. The smallest absolute Gasteiger partial charge is 0.312 e. The van der Waals surface area contributed by atoms with Gasteiger partial charge >= 0.3 is 5.97 Å². The van der Waals surface area contributed by atoms with E-state index in [4.69, 9.17) is 28.5 Å². The van der Waals surface area contributed by atoms with Gasteiger partial charge in [-0.2, -0.15) is 20.2 Å². The van der Waals surface area contributed by atoms with Gasteiger partial charge in [-0.15, -0.1) is 0 Å². The predicted octanol–water partition coefficient (Wildman–Crippen LogP) is 1.85. The van der Waals surface area contributed by atoms with Gasteiger partial charge in [0.2, 0.25) is 0 Å². The van der Waals surface area contributed by atoms with Crippen LogP contribution in [0.2, 0.25) is 0 Å². The molecule has 0 spiro atoms. The maximum atomic E-state index is 12.3. The van der Waals surface area contributed by atoms with Crippen LogP contribution in [0, 0.1) is 5.41 Å². The lowest BCUT2D eigenvalue weighted by Gasteiger charge is -2.25. The SMILES string of the molecule is CC(C)(CSC(CCOOCC1CO1)CCC1CO1)C(=O)OCCCS(=O)(=O)O. The Morgan fingerprint density at radius 1 is 1.17 bits per heavy atom. The molecular formula is C18H32O9S2.